The number of aliphatic hydroxyl groups is 1. The van der Waals surface area contributed by atoms with Gasteiger partial charge in [-0.1, -0.05) is 17.7 Å². The van der Waals surface area contributed by atoms with Gasteiger partial charge in [-0.3, -0.25) is 9.59 Å². The molecular weight excluding hydrogens is 392 g/mol. The Hall–Kier alpha value is -2.74. The van der Waals surface area contributed by atoms with Gasteiger partial charge in [0.25, 0.3) is 0 Å². The number of aliphatic hydroxyl groups excluding tert-OH is 1. The molecule has 1 aliphatic heterocycles. The zero-order valence-electron chi connectivity index (χ0n) is 17.7. The van der Waals surface area contributed by atoms with Gasteiger partial charge in [-0.05, 0) is 33.8 Å². The molecule has 162 valence electrons. The topological polar surface area (TPSA) is 116 Å². The third-order valence-corrected chi connectivity index (χ3v) is 6.14. The normalized spacial score (nSPS) is 33.7. The molecule has 2 aliphatic carbocycles. The molecule has 8 nitrogen and oxygen atoms in total. The van der Waals surface area contributed by atoms with Crippen LogP contribution in [-0.2, 0) is 33.4 Å². The molecule has 0 spiro atoms. The molecule has 1 saturated heterocycles. The van der Waals surface area contributed by atoms with Crippen LogP contribution in [0.4, 0.5) is 0 Å². The van der Waals surface area contributed by atoms with E-state index in [1.54, 1.807) is 13.8 Å². The molecule has 3 aliphatic rings. The van der Waals surface area contributed by atoms with Gasteiger partial charge < -0.3 is 19.3 Å². The van der Waals surface area contributed by atoms with E-state index < -0.39 is 53.7 Å². The van der Waals surface area contributed by atoms with E-state index in [1.165, 1.54) is 26.8 Å². The van der Waals surface area contributed by atoms with E-state index in [9.17, 15) is 24.3 Å². The number of carbonyl (C=O) groups excluding carboxylic acids is 4. The van der Waals surface area contributed by atoms with E-state index in [0.717, 1.165) is 5.57 Å². The summed E-state index contributed by atoms with van der Waals surface area (Å²) < 4.78 is 16.7. The Morgan fingerprint density at radius 1 is 1.33 bits per heavy atom. The highest BCUT2D eigenvalue weighted by Crippen LogP contribution is 2.51. The van der Waals surface area contributed by atoms with Gasteiger partial charge in [-0.25, -0.2) is 9.59 Å². The lowest BCUT2D eigenvalue weighted by molar-refractivity contribution is -0.176. The number of allylic oxidation sites excluding steroid dienone is 1. The molecule has 30 heavy (non-hydrogen) atoms. The van der Waals surface area contributed by atoms with Crippen LogP contribution in [0.3, 0.4) is 0 Å². The Morgan fingerprint density at radius 2 is 1.97 bits per heavy atom. The van der Waals surface area contributed by atoms with Gasteiger partial charge in [0.2, 0.25) is 5.60 Å². The maximum absolute atomic E-state index is 12.8. The Balaban J connectivity index is 2.10. The van der Waals surface area contributed by atoms with Gasteiger partial charge >= 0.3 is 17.9 Å². The summed E-state index contributed by atoms with van der Waals surface area (Å²) in [7, 11) is 0. The van der Waals surface area contributed by atoms with Crippen molar-refractivity contribution in [3.8, 4) is 0 Å². The Kier molecular flexibility index (Phi) is 5.49. The first kappa shape index (κ1) is 22.0. The molecule has 6 atom stereocenters. The number of hydrogen-bond acceptors (Lipinski definition) is 8. The van der Waals surface area contributed by atoms with Crippen LogP contribution in [0.5, 0.6) is 0 Å². The molecule has 8 heteroatoms. The van der Waals surface area contributed by atoms with Crippen LogP contribution in [0.2, 0.25) is 0 Å². The van der Waals surface area contributed by atoms with Crippen LogP contribution in [0.25, 0.3) is 0 Å². The molecule has 0 aromatic heterocycles. The zero-order valence-corrected chi connectivity index (χ0v) is 17.7. The van der Waals surface area contributed by atoms with Crippen LogP contribution in [0.15, 0.2) is 34.9 Å². The number of fused-ring (bicyclic) bond motifs is 3. The summed E-state index contributed by atoms with van der Waals surface area (Å²) in [6.45, 7) is 11.1. The molecular formula is C22H26O8. The number of hydrogen-bond donors (Lipinski definition) is 1. The van der Waals surface area contributed by atoms with Crippen molar-refractivity contribution in [2.75, 3.05) is 0 Å². The summed E-state index contributed by atoms with van der Waals surface area (Å²) in [5, 5.41) is 9.67. The second-order valence-electron chi connectivity index (χ2n) is 8.37. The van der Waals surface area contributed by atoms with E-state index in [0.29, 0.717) is 11.1 Å². The fraction of sp³-hybridized carbons (Fsp3) is 0.545. The van der Waals surface area contributed by atoms with Crippen molar-refractivity contribution in [2.45, 2.75) is 65.0 Å². The fourth-order valence-corrected chi connectivity index (χ4v) is 4.71. The highest BCUT2D eigenvalue weighted by Gasteiger charge is 2.65. The summed E-state index contributed by atoms with van der Waals surface area (Å²) >= 11 is 0. The first-order chi connectivity index (χ1) is 13.9. The largest absolute Gasteiger partial charge is 0.458 e. The Labute approximate surface area is 174 Å². The maximum Gasteiger partial charge on any atom is 0.351 e. The Bertz CT molecular complexity index is 908. The van der Waals surface area contributed by atoms with Gasteiger partial charge in [0.05, 0.1) is 17.6 Å². The minimum Gasteiger partial charge on any atom is -0.458 e. The maximum atomic E-state index is 12.8. The number of esters is 3. The van der Waals surface area contributed by atoms with Gasteiger partial charge in [0, 0.05) is 24.8 Å². The van der Waals surface area contributed by atoms with Crippen LogP contribution in [-0.4, -0.2) is 52.7 Å². The molecule has 0 unspecified atom stereocenters. The summed E-state index contributed by atoms with van der Waals surface area (Å²) in [6.07, 6.45) is -1.25. The molecule has 1 fully saturated rings. The lowest BCUT2D eigenvalue weighted by Gasteiger charge is -2.34. The average Bonchev–Trinajstić information content (AvgIpc) is 3.00. The molecule has 0 bridgehead atoms. The molecule has 3 rings (SSSR count). The smallest absolute Gasteiger partial charge is 0.351 e. The molecule has 0 amide bonds. The van der Waals surface area contributed by atoms with E-state index >= 15 is 0 Å². The average molecular weight is 418 g/mol. The molecule has 1 N–H and O–H groups in total. The number of carbonyl (C=O) groups is 4. The van der Waals surface area contributed by atoms with E-state index in [4.69, 9.17) is 14.2 Å². The van der Waals surface area contributed by atoms with E-state index in [-0.39, 0.29) is 17.8 Å². The van der Waals surface area contributed by atoms with Crippen molar-refractivity contribution in [2.24, 2.45) is 11.8 Å². The lowest BCUT2D eigenvalue weighted by Crippen LogP contribution is -2.50. The van der Waals surface area contributed by atoms with Crippen LogP contribution < -0.4 is 0 Å². The van der Waals surface area contributed by atoms with Gasteiger partial charge in [-0.15, -0.1) is 0 Å². The highest BCUT2D eigenvalue weighted by atomic mass is 16.6. The molecule has 0 aromatic carbocycles. The first-order valence-corrected chi connectivity index (χ1v) is 9.79. The predicted octanol–water partition coefficient (Wildman–Crippen LogP) is 1.56. The fourth-order valence-electron chi connectivity index (χ4n) is 4.71. The van der Waals surface area contributed by atoms with Crippen molar-refractivity contribution in [1.29, 1.82) is 0 Å². The van der Waals surface area contributed by atoms with Crippen molar-refractivity contribution in [3.63, 3.8) is 0 Å². The second-order valence-corrected chi connectivity index (χ2v) is 8.37. The second kappa shape index (κ2) is 7.50. The van der Waals surface area contributed by atoms with Crippen LogP contribution >= 0.6 is 0 Å². The lowest BCUT2D eigenvalue weighted by atomic mass is 9.77. The monoisotopic (exact) mass is 418 g/mol. The first-order valence-electron chi connectivity index (χ1n) is 9.79. The van der Waals surface area contributed by atoms with Gasteiger partial charge in [-0.2, -0.15) is 0 Å². The van der Waals surface area contributed by atoms with Crippen LogP contribution in [0.1, 0.15) is 41.0 Å². The number of rotatable bonds is 4. The van der Waals surface area contributed by atoms with Gasteiger partial charge in [0.15, 0.2) is 5.78 Å². The van der Waals surface area contributed by atoms with E-state index in [1.807, 2.05) is 0 Å². The van der Waals surface area contributed by atoms with Gasteiger partial charge in [0.1, 0.15) is 12.2 Å². The predicted molar refractivity (Wildman–Crippen MR) is 104 cm³/mol. The van der Waals surface area contributed by atoms with E-state index in [2.05, 4.69) is 6.58 Å². The molecule has 0 radical (unpaired) electrons. The van der Waals surface area contributed by atoms with Crippen molar-refractivity contribution in [3.05, 3.63) is 34.9 Å². The quantitative estimate of drug-likeness (QED) is 0.415. The van der Waals surface area contributed by atoms with Crippen molar-refractivity contribution < 1.29 is 38.5 Å². The minimum absolute atomic E-state index is 0.145. The third kappa shape index (κ3) is 3.39. The van der Waals surface area contributed by atoms with Crippen molar-refractivity contribution >= 4 is 23.7 Å². The SMILES string of the molecule is C=C(C(=O)O[C@H]1CC(C)=C2C(=O)C=C(C)[C@H]2[C@@H]2OC(=O)[C@@](C)(OC(C)=O)[C@@H]21)[C@H](C)O. The summed E-state index contributed by atoms with van der Waals surface area (Å²) in [5.74, 6) is -3.81. The van der Waals surface area contributed by atoms with Crippen molar-refractivity contribution in [1.82, 2.24) is 0 Å². The summed E-state index contributed by atoms with van der Waals surface area (Å²) in [5.41, 5.74) is 0.0943. The zero-order chi connectivity index (χ0) is 22.5. The molecule has 0 saturated carbocycles. The number of ketones is 1. The molecule has 1 heterocycles. The summed E-state index contributed by atoms with van der Waals surface area (Å²) in [6, 6.07) is 0. The third-order valence-electron chi connectivity index (χ3n) is 6.14. The van der Waals surface area contributed by atoms with Crippen LogP contribution in [0, 0.1) is 11.8 Å². The standard InChI is InChI=1S/C22H26O8/c1-9-7-14(25)16-10(2)8-15(28-20(26)11(3)12(4)23)18-19(17(9)16)29-21(27)22(18,6)30-13(5)24/h7,12,15,17-19,23H,3,8H2,1-2,4-6H3/t12-,15-,17+,18+,19-,22-/m0/s1. The number of ether oxygens (including phenoxy) is 3. The minimum atomic E-state index is -1.70. The summed E-state index contributed by atoms with van der Waals surface area (Å²) in [4.78, 5) is 49.8. The Morgan fingerprint density at radius 3 is 2.53 bits per heavy atom. The highest BCUT2D eigenvalue weighted by molar-refractivity contribution is 6.09. The molecule has 0 aromatic rings.